The Morgan fingerprint density at radius 1 is 1.30 bits per heavy atom. The lowest BCUT2D eigenvalue weighted by atomic mass is 10.2. The summed E-state index contributed by atoms with van der Waals surface area (Å²) in [5.74, 6) is -0.171. The monoisotopic (exact) mass is 424 g/mol. The van der Waals surface area contributed by atoms with Crippen molar-refractivity contribution >= 4 is 50.4 Å². The molecule has 0 saturated carbocycles. The number of hydrogen-bond acceptors (Lipinski definition) is 8. The molecule has 0 atom stereocenters. The molecule has 3 rings (SSSR count). The number of nitro benzene ring substituents is 1. The van der Waals surface area contributed by atoms with Crippen LogP contribution < -0.4 is 10.2 Å². The van der Waals surface area contributed by atoms with Crippen LogP contribution in [-0.4, -0.2) is 35.3 Å². The number of non-ortho nitro benzene ring substituents is 1. The summed E-state index contributed by atoms with van der Waals surface area (Å²) in [5, 5.41) is 23.3. The largest absolute Gasteiger partial charge is 0.375 e. The maximum absolute atomic E-state index is 11.1. The molecule has 0 radical (unpaired) electrons. The number of hydrogen-bond donors (Lipinski definition) is 1. The van der Waals surface area contributed by atoms with Crippen molar-refractivity contribution in [1.82, 2.24) is 9.69 Å². The van der Waals surface area contributed by atoms with Crippen LogP contribution in [0, 0.1) is 10.1 Å². The number of nitrogens with one attached hydrogen (secondary N) is 1. The minimum absolute atomic E-state index is 0.00408. The summed E-state index contributed by atoms with van der Waals surface area (Å²) in [4.78, 5) is 23.7. The average Bonchev–Trinajstić information content (AvgIpc) is 3.17. The van der Waals surface area contributed by atoms with Gasteiger partial charge in [0.05, 0.1) is 16.1 Å². The molecule has 1 amide bonds. The fraction of sp³-hybridized carbons (Fsp3) is 0.200. The molecule has 30 heavy (non-hydrogen) atoms. The average molecular weight is 424 g/mol. The van der Waals surface area contributed by atoms with Crippen molar-refractivity contribution in [3.05, 3.63) is 65.2 Å². The first-order chi connectivity index (χ1) is 14.5. The van der Waals surface area contributed by atoms with Crippen LogP contribution in [0.25, 0.3) is 10.9 Å². The van der Waals surface area contributed by atoms with Crippen LogP contribution in [0.15, 0.2) is 65.3 Å². The van der Waals surface area contributed by atoms with Crippen LogP contribution in [0.1, 0.15) is 6.42 Å². The molecule has 10 heteroatoms. The van der Waals surface area contributed by atoms with Gasteiger partial charge in [0, 0.05) is 43.3 Å². The minimum atomic E-state index is -0.444. The second-order valence-corrected chi connectivity index (χ2v) is 7.18. The molecule has 0 unspecified atom stereocenters. The first kappa shape index (κ1) is 21.1. The summed E-state index contributed by atoms with van der Waals surface area (Å²) >= 11 is 1.15. The van der Waals surface area contributed by atoms with Crippen molar-refractivity contribution in [2.24, 2.45) is 10.2 Å². The Balaban J connectivity index is 1.63. The number of nitrogens with zero attached hydrogens (tertiary/aromatic N) is 5. The molecule has 0 aliphatic heterocycles. The van der Waals surface area contributed by atoms with Crippen molar-refractivity contribution in [1.29, 1.82) is 0 Å². The highest BCUT2D eigenvalue weighted by Gasteiger charge is 2.12. The van der Waals surface area contributed by atoms with Gasteiger partial charge in [0.15, 0.2) is 5.00 Å². The Morgan fingerprint density at radius 2 is 2.07 bits per heavy atom. The molecule has 0 spiro atoms. The highest BCUT2D eigenvalue weighted by molar-refractivity contribution is 7.11. The van der Waals surface area contributed by atoms with Gasteiger partial charge >= 0.3 is 0 Å². The fourth-order valence-corrected chi connectivity index (χ4v) is 3.39. The molecule has 1 aromatic heterocycles. The van der Waals surface area contributed by atoms with Crippen LogP contribution in [0.5, 0.6) is 0 Å². The number of carbonyl (C=O) groups is 1. The number of rotatable bonds is 9. The lowest BCUT2D eigenvalue weighted by molar-refractivity contribution is -0.384. The smallest absolute Gasteiger partial charge is 0.270 e. The third-order valence-electron chi connectivity index (χ3n) is 4.35. The van der Waals surface area contributed by atoms with Crippen molar-refractivity contribution in [3.63, 3.8) is 0 Å². The van der Waals surface area contributed by atoms with E-state index >= 15 is 0 Å². The van der Waals surface area contributed by atoms with Crippen molar-refractivity contribution < 1.29 is 9.72 Å². The van der Waals surface area contributed by atoms with Gasteiger partial charge in [-0.25, -0.2) is 0 Å². The number of amides is 1. The lowest BCUT2D eigenvalue weighted by Crippen LogP contribution is -2.26. The number of anilines is 1. The quantitative estimate of drug-likeness (QED) is 0.175. The van der Waals surface area contributed by atoms with Crippen molar-refractivity contribution in [2.45, 2.75) is 6.42 Å². The van der Waals surface area contributed by atoms with E-state index in [9.17, 15) is 14.9 Å². The number of azo groups is 1. The summed E-state index contributed by atoms with van der Waals surface area (Å²) in [7, 11) is 1.97. The predicted molar refractivity (Wildman–Crippen MR) is 118 cm³/mol. The van der Waals surface area contributed by atoms with Crippen molar-refractivity contribution in [3.8, 4) is 0 Å². The molecule has 1 heterocycles. The molecule has 0 aliphatic rings. The number of nitro groups is 1. The van der Waals surface area contributed by atoms with Gasteiger partial charge < -0.3 is 10.2 Å². The summed E-state index contributed by atoms with van der Waals surface area (Å²) in [6.07, 6.45) is 2.06. The van der Waals surface area contributed by atoms with Gasteiger partial charge in [0.1, 0.15) is 0 Å². The van der Waals surface area contributed by atoms with Gasteiger partial charge in [-0.2, -0.15) is 4.37 Å². The number of aromatic nitrogens is 1. The van der Waals surface area contributed by atoms with E-state index < -0.39 is 4.92 Å². The van der Waals surface area contributed by atoms with Gasteiger partial charge in [0.2, 0.25) is 5.91 Å². The molecule has 1 N–H and O–H groups in total. The second kappa shape index (κ2) is 9.70. The zero-order chi connectivity index (χ0) is 21.5. The highest BCUT2D eigenvalue weighted by Crippen LogP contribution is 2.34. The third-order valence-corrected chi connectivity index (χ3v) is 5.12. The zero-order valence-corrected chi connectivity index (χ0v) is 17.1. The Labute approximate surface area is 177 Å². The minimum Gasteiger partial charge on any atom is -0.375 e. The summed E-state index contributed by atoms with van der Waals surface area (Å²) in [6, 6.07) is 12.1. The van der Waals surface area contributed by atoms with Crippen LogP contribution >= 0.6 is 11.5 Å². The van der Waals surface area contributed by atoms with E-state index in [0.717, 1.165) is 30.2 Å². The molecular weight excluding hydrogens is 404 g/mol. The van der Waals surface area contributed by atoms with Crippen molar-refractivity contribution in [2.75, 3.05) is 25.0 Å². The molecule has 3 aromatic rings. The lowest BCUT2D eigenvalue weighted by Gasteiger charge is -2.19. The van der Waals surface area contributed by atoms with Gasteiger partial charge in [-0.15, -0.1) is 10.2 Å². The van der Waals surface area contributed by atoms with Gasteiger partial charge in [-0.3, -0.25) is 14.9 Å². The standard InChI is InChI=1S/C20H20N6O3S/c1-3-19(27)21-11-4-12-25(2)15-7-5-14(6-8-15)22-23-20-17-13-16(26(28)29)9-10-18(17)24-30-20/h3,5-10,13H,1,4,11-12H2,2H3,(H,21,27). The normalized spacial score (nSPS) is 11.0. The Morgan fingerprint density at radius 3 is 2.77 bits per heavy atom. The van der Waals surface area contributed by atoms with Crippen LogP contribution in [-0.2, 0) is 4.79 Å². The number of carbonyl (C=O) groups excluding carboxylic acids is 1. The maximum atomic E-state index is 11.1. The van der Waals surface area contributed by atoms with Gasteiger partial charge in [-0.1, -0.05) is 6.58 Å². The van der Waals surface area contributed by atoms with Gasteiger partial charge in [-0.05, 0) is 54.4 Å². The Bertz CT molecular complexity index is 1090. The molecule has 0 saturated heterocycles. The Hall–Kier alpha value is -3.66. The topological polar surface area (TPSA) is 113 Å². The van der Waals surface area contributed by atoms with E-state index in [1.165, 1.54) is 18.2 Å². The van der Waals surface area contributed by atoms with E-state index in [1.807, 2.05) is 31.3 Å². The first-order valence-electron chi connectivity index (χ1n) is 9.15. The van der Waals surface area contributed by atoms with E-state index in [-0.39, 0.29) is 11.6 Å². The molecule has 154 valence electrons. The SMILES string of the molecule is C=CC(=O)NCCCN(C)c1ccc(N=Nc2snc3ccc([N+](=O)[O-])cc23)cc1. The van der Waals surface area contributed by atoms with Crippen LogP contribution in [0.4, 0.5) is 22.1 Å². The maximum Gasteiger partial charge on any atom is 0.270 e. The molecule has 0 bridgehead atoms. The van der Waals surface area contributed by atoms with Crippen LogP contribution in [0.3, 0.4) is 0 Å². The molecule has 0 fully saturated rings. The summed E-state index contributed by atoms with van der Waals surface area (Å²) in [5.41, 5.74) is 2.33. The number of fused-ring (bicyclic) bond motifs is 1. The van der Waals surface area contributed by atoms with E-state index in [0.29, 0.717) is 28.1 Å². The Kier molecular flexibility index (Phi) is 6.81. The van der Waals surface area contributed by atoms with Crippen LogP contribution in [0.2, 0.25) is 0 Å². The molecule has 0 aliphatic carbocycles. The third kappa shape index (κ3) is 5.23. The number of benzene rings is 2. The summed E-state index contributed by atoms with van der Waals surface area (Å²) < 4.78 is 4.25. The van der Waals surface area contributed by atoms with E-state index in [4.69, 9.17) is 0 Å². The fourth-order valence-electron chi connectivity index (χ4n) is 2.71. The second-order valence-electron chi connectivity index (χ2n) is 6.43. The highest BCUT2D eigenvalue weighted by atomic mass is 32.1. The van der Waals surface area contributed by atoms with E-state index in [1.54, 1.807) is 6.07 Å². The predicted octanol–water partition coefficient (Wildman–Crippen LogP) is 4.75. The summed E-state index contributed by atoms with van der Waals surface area (Å²) in [6.45, 7) is 4.79. The van der Waals surface area contributed by atoms with E-state index in [2.05, 4.69) is 31.4 Å². The zero-order valence-electron chi connectivity index (χ0n) is 16.3. The molecular formula is C20H20N6O3S. The van der Waals surface area contributed by atoms with Gasteiger partial charge in [0.25, 0.3) is 5.69 Å². The first-order valence-corrected chi connectivity index (χ1v) is 9.92. The molecule has 2 aromatic carbocycles. The molecule has 9 nitrogen and oxygen atoms in total.